The van der Waals surface area contributed by atoms with Gasteiger partial charge in [0, 0.05) is 26.2 Å². The Morgan fingerprint density at radius 2 is 2.00 bits per heavy atom. The van der Waals surface area contributed by atoms with Crippen molar-refractivity contribution in [3.05, 3.63) is 17.6 Å². The topological polar surface area (TPSA) is 89.1 Å². The van der Waals surface area contributed by atoms with Crippen LogP contribution >= 0.6 is 0 Å². The molecule has 0 aliphatic carbocycles. The summed E-state index contributed by atoms with van der Waals surface area (Å²) in [4.78, 5) is 14.4. The molecule has 1 fully saturated rings. The zero-order valence-electron chi connectivity index (χ0n) is 10.3. The van der Waals surface area contributed by atoms with Crippen LogP contribution in [0.4, 0.5) is 5.82 Å². The average Bonchev–Trinajstić information content (AvgIpc) is 2.39. The molecule has 1 amide bonds. The summed E-state index contributed by atoms with van der Waals surface area (Å²) >= 11 is 0. The molecule has 2 rings (SSSR count). The highest BCUT2D eigenvalue weighted by Crippen LogP contribution is 2.10. The molecule has 0 saturated carbocycles. The van der Waals surface area contributed by atoms with Crippen molar-refractivity contribution >= 4 is 18.1 Å². The van der Waals surface area contributed by atoms with E-state index >= 15 is 0 Å². The van der Waals surface area contributed by atoms with E-state index in [1.807, 2.05) is 0 Å². The van der Waals surface area contributed by atoms with Crippen LogP contribution in [-0.4, -0.2) is 53.1 Å². The van der Waals surface area contributed by atoms with E-state index in [1.54, 1.807) is 24.0 Å². The minimum atomic E-state index is 0.192. The van der Waals surface area contributed by atoms with Crippen LogP contribution < -0.4 is 10.4 Å². The van der Waals surface area contributed by atoms with Gasteiger partial charge in [0.05, 0.1) is 0 Å². The molecule has 1 aromatic rings. The quantitative estimate of drug-likeness (QED) is 0.419. The third-order valence-electron chi connectivity index (χ3n) is 2.93. The number of carbonyl (C=O) groups excluding carboxylic acids is 1. The van der Waals surface area contributed by atoms with Crippen LogP contribution in [-0.2, 0) is 4.79 Å². The second kappa shape index (κ2) is 4.99. The van der Waals surface area contributed by atoms with Gasteiger partial charge in [-0.2, -0.15) is 0 Å². The van der Waals surface area contributed by atoms with Crippen LogP contribution in [0.3, 0.4) is 0 Å². The summed E-state index contributed by atoms with van der Waals surface area (Å²) in [7, 11) is 0. The molecule has 2 N–H and O–H groups in total. The van der Waals surface area contributed by atoms with Gasteiger partial charge in [-0.15, -0.1) is 5.10 Å². The lowest BCUT2D eigenvalue weighted by atomic mass is 10.3. The third-order valence-corrected chi connectivity index (χ3v) is 2.93. The highest BCUT2D eigenvalue weighted by molar-refractivity contribution is 5.77. The van der Waals surface area contributed by atoms with E-state index in [0.717, 1.165) is 25.3 Å². The van der Waals surface area contributed by atoms with Gasteiger partial charge in [-0.3, -0.25) is 15.6 Å². The Hall–Kier alpha value is -2.18. The lowest BCUT2D eigenvalue weighted by Gasteiger charge is -2.33. The Bertz CT molecular complexity index is 515. The average molecular weight is 248 g/mol. The number of rotatable bonds is 2. The van der Waals surface area contributed by atoms with Crippen LogP contribution in [0, 0.1) is 10.8 Å². The predicted molar refractivity (Wildman–Crippen MR) is 66.7 cm³/mol. The largest absolute Gasteiger partial charge is 0.352 e. The maximum Gasteiger partial charge on any atom is 0.209 e. The van der Waals surface area contributed by atoms with Crippen molar-refractivity contribution in [1.82, 2.24) is 14.7 Å². The molecule has 18 heavy (non-hydrogen) atoms. The molecule has 0 aromatic carbocycles. The van der Waals surface area contributed by atoms with E-state index in [1.165, 1.54) is 4.68 Å². The Morgan fingerprint density at radius 1 is 1.33 bits per heavy atom. The van der Waals surface area contributed by atoms with Crippen LogP contribution in [0.15, 0.2) is 12.1 Å². The first kappa shape index (κ1) is 12.3. The van der Waals surface area contributed by atoms with Crippen LogP contribution in [0.5, 0.6) is 0 Å². The van der Waals surface area contributed by atoms with E-state index in [0.29, 0.717) is 13.1 Å². The maximum absolute atomic E-state index is 10.6. The Balaban J connectivity index is 2.20. The second-order valence-electron chi connectivity index (χ2n) is 4.20. The number of piperazine rings is 1. The minimum Gasteiger partial charge on any atom is -0.352 e. The molecule has 1 aromatic heterocycles. The lowest BCUT2D eigenvalue weighted by Crippen LogP contribution is -2.46. The van der Waals surface area contributed by atoms with Gasteiger partial charge < -0.3 is 9.80 Å². The van der Waals surface area contributed by atoms with Crippen LogP contribution in [0.2, 0.25) is 0 Å². The van der Waals surface area contributed by atoms with Gasteiger partial charge >= 0.3 is 0 Å². The fraction of sp³-hybridized carbons (Fsp3) is 0.455. The van der Waals surface area contributed by atoms with Crippen molar-refractivity contribution in [3.8, 4) is 0 Å². The van der Waals surface area contributed by atoms with E-state index in [4.69, 9.17) is 10.8 Å². The molecule has 7 nitrogen and oxygen atoms in total. The van der Waals surface area contributed by atoms with Crippen LogP contribution in [0.1, 0.15) is 6.92 Å². The summed E-state index contributed by atoms with van der Waals surface area (Å²) in [5, 5.41) is 19.5. The summed E-state index contributed by atoms with van der Waals surface area (Å²) in [6.45, 7) is 4.40. The molecule has 0 atom stereocenters. The molecular formula is C11H16N6O. The molecule has 2 heterocycles. The smallest absolute Gasteiger partial charge is 0.209 e. The number of carbonyl (C=O) groups is 1. The van der Waals surface area contributed by atoms with Crippen molar-refractivity contribution in [2.75, 3.05) is 31.1 Å². The summed E-state index contributed by atoms with van der Waals surface area (Å²) in [6, 6.07) is 3.41. The number of nitrogens with one attached hydrogen (secondary N) is 2. The highest BCUT2D eigenvalue weighted by Gasteiger charge is 2.17. The van der Waals surface area contributed by atoms with Crippen molar-refractivity contribution in [2.45, 2.75) is 6.92 Å². The molecular weight excluding hydrogens is 232 g/mol. The molecule has 0 bridgehead atoms. The fourth-order valence-corrected chi connectivity index (χ4v) is 1.89. The molecule has 0 unspecified atom stereocenters. The first-order valence-electron chi connectivity index (χ1n) is 5.76. The number of hydrogen-bond donors (Lipinski definition) is 2. The first-order valence-corrected chi connectivity index (χ1v) is 5.76. The van der Waals surface area contributed by atoms with Crippen LogP contribution in [0.25, 0.3) is 0 Å². The molecule has 0 spiro atoms. The summed E-state index contributed by atoms with van der Waals surface area (Å²) in [5.74, 6) is 0.955. The number of amides is 1. The van der Waals surface area contributed by atoms with Crippen molar-refractivity contribution in [1.29, 1.82) is 10.8 Å². The SMILES string of the molecule is CC(=N)n1nc(N2CCN(C=O)CC2)ccc1=N. The van der Waals surface area contributed by atoms with E-state index in [9.17, 15) is 4.79 Å². The normalized spacial score (nSPS) is 15.6. The first-order chi connectivity index (χ1) is 8.61. The summed E-state index contributed by atoms with van der Waals surface area (Å²) in [5.41, 5.74) is 0.192. The van der Waals surface area contributed by atoms with Gasteiger partial charge in [-0.05, 0) is 19.1 Å². The standard InChI is InChI=1S/C11H16N6O/c1-9(12)17-10(13)2-3-11(14-17)16-6-4-15(8-18)5-7-16/h2-3,8,12-13H,4-7H2,1H3. The zero-order chi connectivity index (χ0) is 13.1. The lowest BCUT2D eigenvalue weighted by molar-refractivity contribution is -0.118. The summed E-state index contributed by atoms with van der Waals surface area (Å²) < 4.78 is 1.29. The van der Waals surface area contributed by atoms with Gasteiger partial charge in [0.15, 0.2) is 0 Å². The number of nitrogens with zero attached hydrogens (tertiary/aromatic N) is 4. The highest BCUT2D eigenvalue weighted by atomic mass is 16.1. The van der Waals surface area contributed by atoms with E-state index in [2.05, 4.69) is 10.00 Å². The number of aromatic nitrogens is 2. The Kier molecular flexibility index (Phi) is 3.40. The number of hydrogen-bond acceptors (Lipinski definition) is 5. The van der Waals surface area contributed by atoms with Gasteiger partial charge in [0.25, 0.3) is 0 Å². The zero-order valence-corrected chi connectivity index (χ0v) is 10.3. The Morgan fingerprint density at radius 3 is 2.56 bits per heavy atom. The Labute approximate surface area is 105 Å². The number of anilines is 1. The van der Waals surface area contributed by atoms with Crippen molar-refractivity contribution in [3.63, 3.8) is 0 Å². The molecule has 1 aliphatic heterocycles. The van der Waals surface area contributed by atoms with E-state index < -0.39 is 0 Å². The second-order valence-corrected chi connectivity index (χ2v) is 4.20. The molecule has 1 aliphatic rings. The van der Waals surface area contributed by atoms with Gasteiger partial charge in [-0.25, -0.2) is 4.68 Å². The molecule has 7 heteroatoms. The minimum absolute atomic E-state index is 0.192. The third kappa shape index (κ3) is 2.39. The van der Waals surface area contributed by atoms with Gasteiger partial charge in [0.1, 0.15) is 17.1 Å². The van der Waals surface area contributed by atoms with Crippen molar-refractivity contribution < 1.29 is 4.79 Å². The molecule has 1 saturated heterocycles. The fourth-order valence-electron chi connectivity index (χ4n) is 1.89. The summed E-state index contributed by atoms with van der Waals surface area (Å²) in [6.07, 6.45) is 0.861. The van der Waals surface area contributed by atoms with Crippen molar-refractivity contribution in [2.24, 2.45) is 0 Å². The maximum atomic E-state index is 10.6. The van der Waals surface area contributed by atoms with E-state index in [-0.39, 0.29) is 11.3 Å². The van der Waals surface area contributed by atoms with Gasteiger partial charge in [0.2, 0.25) is 6.41 Å². The molecule has 96 valence electrons. The molecule has 0 radical (unpaired) electrons. The predicted octanol–water partition coefficient (Wildman–Crippen LogP) is -0.514. The monoisotopic (exact) mass is 248 g/mol. The van der Waals surface area contributed by atoms with Gasteiger partial charge in [-0.1, -0.05) is 0 Å².